The topological polar surface area (TPSA) is 12.0 Å². The summed E-state index contributed by atoms with van der Waals surface area (Å²) in [7, 11) is 0. The molecule has 1 heteroatoms. The van der Waals surface area contributed by atoms with Crippen LogP contribution in [-0.2, 0) is 6.42 Å². The number of hydrogen-bond donors (Lipinski definition) is 1. The van der Waals surface area contributed by atoms with E-state index in [9.17, 15) is 0 Å². The fourth-order valence-corrected chi connectivity index (χ4v) is 3.74. The van der Waals surface area contributed by atoms with Gasteiger partial charge in [-0.15, -0.1) is 0 Å². The first kappa shape index (κ1) is 15.6. The van der Waals surface area contributed by atoms with Crippen LogP contribution in [0.3, 0.4) is 0 Å². The lowest BCUT2D eigenvalue weighted by Crippen LogP contribution is -2.39. The van der Waals surface area contributed by atoms with Crippen molar-refractivity contribution >= 4 is 0 Å². The predicted octanol–water partition coefficient (Wildman–Crippen LogP) is 4.73. The van der Waals surface area contributed by atoms with Crippen LogP contribution in [-0.4, -0.2) is 12.6 Å². The number of rotatable bonds is 6. The van der Waals surface area contributed by atoms with Gasteiger partial charge < -0.3 is 5.32 Å². The Hall–Kier alpha value is -0.820. The second-order valence-corrected chi connectivity index (χ2v) is 6.48. The van der Waals surface area contributed by atoms with Crippen molar-refractivity contribution in [3.05, 3.63) is 35.4 Å². The van der Waals surface area contributed by atoms with E-state index in [-0.39, 0.29) is 0 Å². The highest BCUT2D eigenvalue weighted by atomic mass is 14.9. The normalized spacial score (nSPS) is 24.6. The molecule has 1 aromatic rings. The van der Waals surface area contributed by atoms with Crippen LogP contribution in [0, 0.1) is 18.8 Å². The van der Waals surface area contributed by atoms with Crippen molar-refractivity contribution in [2.45, 2.75) is 65.3 Å². The zero-order valence-corrected chi connectivity index (χ0v) is 13.5. The van der Waals surface area contributed by atoms with Crippen LogP contribution in [0.5, 0.6) is 0 Å². The van der Waals surface area contributed by atoms with Crippen molar-refractivity contribution in [1.29, 1.82) is 0 Å². The molecule has 1 aliphatic carbocycles. The smallest absolute Gasteiger partial charge is 0.0136 e. The third-order valence-electron chi connectivity index (χ3n) is 5.21. The van der Waals surface area contributed by atoms with Crippen molar-refractivity contribution < 1.29 is 0 Å². The summed E-state index contributed by atoms with van der Waals surface area (Å²) >= 11 is 0. The SMILES string of the molecule is CCNC(Cc1ccccc1C)C1CCC(CC)CC1. The van der Waals surface area contributed by atoms with Gasteiger partial charge in [-0.25, -0.2) is 0 Å². The van der Waals surface area contributed by atoms with Gasteiger partial charge >= 0.3 is 0 Å². The Kier molecular flexibility index (Phi) is 6.09. The summed E-state index contributed by atoms with van der Waals surface area (Å²) in [4.78, 5) is 0. The highest BCUT2D eigenvalue weighted by Gasteiger charge is 2.26. The molecule has 1 N–H and O–H groups in total. The summed E-state index contributed by atoms with van der Waals surface area (Å²) in [6, 6.07) is 9.54. The molecule has 0 amide bonds. The van der Waals surface area contributed by atoms with Crippen molar-refractivity contribution in [1.82, 2.24) is 5.32 Å². The van der Waals surface area contributed by atoms with Crippen molar-refractivity contribution in [3.8, 4) is 0 Å². The molecule has 20 heavy (non-hydrogen) atoms. The first-order valence-corrected chi connectivity index (χ1v) is 8.52. The fourth-order valence-electron chi connectivity index (χ4n) is 3.74. The van der Waals surface area contributed by atoms with E-state index in [0.717, 1.165) is 18.4 Å². The van der Waals surface area contributed by atoms with Gasteiger partial charge in [0, 0.05) is 6.04 Å². The van der Waals surface area contributed by atoms with Crippen LogP contribution in [0.25, 0.3) is 0 Å². The first-order chi connectivity index (χ1) is 9.74. The van der Waals surface area contributed by atoms with Gasteiger partial charge in [-0.3, -0.25) is 0 Å². The maximum absolute atomic E-state index is 3.76. The summed E-state index contributed by atoms with van der Waals surface area (Å²) in [5.41, 5.74) is 2.97. The van der Waals surface area contributed by atoms with Crippen LogP contribution < -0.4 is 5.32 Å². The van der Waals surface area contributed by atoms with Crippen molar-refractivity contribution in [2.75, 3.05) is 6.54 Å². The lowest BCUT2D eigenvalue weighted by Gasteiger charge is -2.34. The molecule has 112 valence electrons. The monoisotopic (exact) mass is 273 g/mol. The summed E-state index contributed by atoms with van der Waals surface area (Å²) < 4.78 is 0. The molecule has 0 aromatic heterocycles. The minimum absolute atomic E-state index is 0.666. The number of aryl methyl sites for hydroxylation is 1. The molecular formula is C19H31N. The van der Waals surface area contributed by atoms with Gasteiger partial charge in [-0.05, 0) is 55.7 Å². The maximum atomic E-state index is 3.76. The molecule has 0 heterocycles. The third-order valence-corrected chi connectivity index (χ3v) is 5.21. The zero-order chi connectivity index (χ0) is 14.4. The summed E-state index contributed by atoms with van der Waals surface area (Å²) in [6.45, 7) is 7.92. The Morgan fingerprint density at radius 2 is 1.80 bits per heavy atom. The first-order valence-electron chi connectivity index (χ1n) is 8.52. The Balaban J connectivity index is 1.99. The van der Waals surface area contributed by atoms with E-state index in [0.29, 0.717) is 6.04 Å². The average Bonchev–Trinajstić information content (AvgIpc) is 2.49. The van der Waals surface area contributed by atoms with Crippen molar-refractivity contribution in [2.24, 2.45) is 11.8 Å². The minimum Gasteiger partial charge on any atom is -0.314 e. The molecule has 1 saturated carbocycles. The highest BCUT2D eigenvalue weighted by Crippen LogP contribution is 2.33. The van der Waals surface area contributed by atoms with E-state index in [1.165, 1.54) is 49.7 Å². The lowest BCUT2D eigenvalue weighted by molar-refractivity contribution is 0.218. The van der Waals surface area contributed by atoms with Crippen molar-refractivity contribution in [3.63, 3.8) is 0 Å². The molecule has 1 fully saturated rings. The van der Waals surface area contributed by atoms with Gasteiger partial charge in [-0.2, -0.15) is 0 Å². The van der Waals surface area contributed by atoms with Gasteiger partial charge in [0.15, 0.2) is 0 Å². The molecule has 0 bridgehead atoms. The molecule has 0 radical (unpaired) electrons. The zero-order valence-electron chi connectivity index (χ0n) is 13.5. The number of nitrogens with one attached hydrogen (secondary N) is 1. The van der Waals surface area contributed by atoms with E-state index in [4.69, 9.17) is 0 Å². The molecule has 1 aromatic carbocycles. The Morgan fingerprint density at radius 3 is 2.40 bits per heavy atom. The average molecular weight is 273 g/mol. The molecule has 1 aliphatic rings. The Labute approximate surface area is 125 Å². The molecule has 1 atom stereocenters. The van der Waals surface area contributed by atoms with Gasteiger partial charge in [0.25, 0.3) is 0 Å². The molecule has 0 spiro atoms. The van der Waals surface area contributed by atoms with Gasteiger partial charge in [0.2, 0.25) is 0 Å². The second-order valence-electron chi connectivity index (χ2n) is 6.48. The standard InChI is InChI=1S/C19H31N/c1-4-16-10-12-17(13-11-16)19(20-5-2)14-18-9-7-6-8-15(18)3/h6-9,16-17,19-20H,4-5,10-14H2,1-3H3. The van der Waals surface area contributed by atoms with E-state index in [1.807, 2.05) is 0 Å². The molecule has 1 nitrogen and oxygen atoms in total. The van der Waals surface area contributed by atoms with Gasteiger partial charge in [0.05, 0.1) is 0 Å². The second kappa shape index (κ2) is 7.83. The quantitative estimate of drug-likeness (QED) is 0.790. The van der Waals surface area contributed by atoms with Gasteiger partial charge in [-0.1, -0.05) is 57.4 Å². The lowest BCUT2D eigenvalue weighted by atomic mass is 9.76. The number of benzene rings is 1. The van der Waals surface area contributed by atoms with Crippen LogP contribution in [0.15, 0.2) is 24.3 Å². The summed E-state index contributed by atoms with van der Waals surface area (Å²) in [5.74, 6) is 1.87. The van der Waals surface area contributed by atoms with Crippen LogP contribution in [0.1, 0.15) is 57.1 Å². The molecule has 0 aliphatic heterocycles. The van der Waals surface area contributed by atoms with Crippen LogP contribution >= 0.6 is 0 Å². The predicted molar refractivity (Wildman–Crippen MR) is 88.1 cm³/mol. The number of likely N-dealkylation sites (N-methyl/N-ethyl adjacent to an activating group) is 1. The Bertz CT molecular complexity index is 391. The highest BCUT2D eigenvalue weighted by molar-refractivity contribution is 5.26. The molecule has 1 unspecified atom stereocenters. The van der Waals surface area contributed by atoms with Crippen LogP contribution in [0.4, 0.5) is 0 Å². The van der Waals surface area contributed by atoms with E-state index >= 15 is 0 Å². The Morgan fingerprint density at radius 1 is 1.10 bits per heavy atom. The minimum atomic E-state index is 0.666. The van der Waals surface area contributed by atoms with E-state index in [2.05, 4.69) is 50.4 Å². The fraction of sp³-hybridized carbons (Fsp3) is 0.684. The summed E-state index contributed by atoms with van der Waals surface area (Å²) in [6.07, 6.45) is 8.29. The summed E-state index contributed by atoms with van der Waals surface area (Å²) in [5, 5.41) is 3.76. The maximum Gasteiger partial charge on any atom is 0.0136 e. The van der Waals surface area contributed by atoms with E-state index in [1.54, 1.807) is 0 Å². The number of hydrogen-bond acceptors (Lipinski definition) is 1. The molecule has 2 rings (SSSR count). The third kappa shape index (κ3) is 4.09. The molecule has 0 saturated heterocycles. The largest absolute Gasteiger partial charge is 0.314 e. The van der Waals surface area contributed by atoms with E-state index < -0.39 is 0 Å². The van der Waals surface area contributed by atoms with Crippen LogP contribution in [0.2, 0.25) is 0 Å². The van der Waals surface area contributed by atoms with Gasteiger partial charge in [0.1, 0.15) is 0 Å². The molecular weight excluding hydrogens is 242 g/mol.